The van der Waals surface area contributed by atoms with Crippen molar-refractivity contribution in [3.63, 3.8) is 0 Å². The summed E-state index contributed by atoms with van der Waals surface area (Å²) in [6, 6.07) is 11.2. The van der Waals surface area contributed by atoms with Crippen LogP contribution in [0, 0.1) is 5.82 Å². The van der Waals surface area contributed by atoms with Crippen molar-refractivity contribution >= 4 is 35.2 Å². The highest BCUT2D eigenvalue weighted by molar-refractivity contribution is 6.34. The summed E-state index contributed by atoms with van der Waals surface area (Å²) in [7, 11) is 0. The highest BCUT2D eigenvalue weighted by Gasteiger charge is 2.47. The van der Waals surface area contributed by atoms with Gasteiger partial charge in [0.15, 0.2) is 6.04 Å². The molecule has 0 spiro atoms. The maximum absolute atomic E-state index is 13.0. The van der Waals surface area contributed by atoms with Gasteiger partial charge in [-0.25, -0.2) is 14.1 Å². The lowest BCUT2D eigenvalue weighted by Gasteiger charge is -2.24. The normalized spacial score (nSPS) is 19.4. The number of carbonyl (C=O) groups is 2. The molecular weight excluding hydrogens is 285 g/mol. The van der Waals surface area contributed by atoms with E-state index >= 15 is 0 Å². The lowest BCUT2D eigenvalue weighted by atomic mass is 10.1. The number of benzene rings is 2. The number of rotatable bonds is 1. The monoisotopic (exact) mass is 295 g/mol. The van der Waals surface area contributed by atoms with Gasteiger partial charge in [0.05, 0.1) is 17.1 Å². The molecule has 0 bridgehead atoms. The van der Waals surface area contributed by atoms with Crippen molar-refractivity contribution in [1.29, 1.82) is 0 Å². The molecule has 2 aliphatic rings. The molecule has 1 saturated heterocycles. The lowest BCUT2D eigenvalue weighted by molar-refractivity contribution is -0.116. The van der Waals surface area contributed by atoms with Crippen LogP contribution in [0.15, 0.2) is 53.5 Å². The topological polar surface area (TPSA) is 53.0 Å². The van der Waals surface area contributed by atoms with Crippen LogP contribution < -0.4 is 9.80 Å². The van der Waals surface area contributed by atoms with E-state index in [1.807, 2.05) is 6.07 Å². The van der Waals surface area contributed by atoms with E-state index in [4.69, 9.17) is 0 Å². The zero-order valence-electron chi connectivity index (χ0n) is 11.3. The fraction of sp³-hybridized carbons (Fsp3) is 0.0625. The minimum absolute atomic E-state index is 0.344. The Morgan fingerprint density at radius 1 is 1.00 bits per heavy atom. The second-order valence-corrected chi connectivity index (χ2v) is 5.01. The Morgan fingerprint density at radius 2 is 1.73 bits per heavy atom. The van der Waals surface area contributed by atoms with Crippen molar-refractivity contribution in [1.82, 2.24) is 0 Å². The van der Waals surface area contributed by atoms with Crippen molar-refractivity contribution in [3.8, 4) is 0 Å². The van der Waals surface area contributed by atoms with Crippen molar-refractivity contribution in [2.45, 2.75) is 6.04 Å². The average molecular weight is 295 g/mol. The van der Waals surface area contributed by atoms with Gasteiger partial charge in [0.2, 0.25) is 0 Å². The van der Waals surface area contributed by atoms with E-state index in [1.54, 1.807) is 18.2 Å². The average Bonchev–Trinajstić information content (AvgIpc) is 2.80. The van der Waals surface area contributed by atoms with Crippen LogP contribution >= 0.6 is 0 Å². The van der Waals surface area contributed by atoms with E-state index < -0.39 is 23.8 Å². The summed E-state index contributed by atoms with van der Waals surface area (Å²) in [5.41, 5.74) is 1.58. The van der Waals surface area contributed by atoms with Gasteiger partial charge in [0.1, 0.15) is 5.82 Å². The zero-order valence-corrected chi connectivity index (χ0v) is 11.3. The molecule has 2 aliphatic heterocycles. The van der Waals surface area contributed by atoms with Gasteiger partial charge in [0, 0.05) is 6.21 Å². The third kappa shape index (κ3) is 1.67. The van der Waals surface area contributed by atoms with Gasteiger partial charge >= 0.3 is 6.03 Å². The van der Waals surface area contributed by atoms with Crippen molar-refractivity contribution in [3.05, 3.63) is 54.3 Å². The smallest absolute Gasteiger partial charge is 0.274 e. The van der Waals surface area contributed by atoms with E-state index in [0.717, 1.165) is 4.90 Å². The van der Waals surface area contributed by atoms with Gasteiger partial charge < -0.3 is 0 Å². The highest BCUT2D eigenvalue weighted by atomic mass is 19.1. The molecule has 2 aromatic rings. The Kier molecular flexibility index (Phi) is 2.59. The van der Waals surface area contributed by atoms with Gasteiger partial charge in [-0.05, 0) is 36.4 Å². The maximum atomic E-state index is 13.0. The Morgan fingerprint density at radius 3 is 2.50 bits per heavy atom. The quantitative estimate of drug-likeness (QED) is 0.760. The fourth-order valence-electron chi connectivity index (χ4n) is 2.70. The number of amides is 3. The Hall–Kier alpha value is -3.02. The number of halogens is 1. The highest BCUT2D eigenvalue weighted by Crippen LogP contribution is 2.37. The molecule has 2 aromatic carbocycles. The van der Waals surface area contributed by atoms with Crippen molar-refractivity contribution in [2.75, 3.05) is 9.80 Å². The maximum Gasteiger partial charge on any atom is 0.337 e. The molecule has 0 aromatic heterocycles. The third-order valence-electron chi connectivity index (χ3n) is 3.73. The molecule has 6 heteroatoms. The van der Waals surface area contributed by atoms with Crippen molar-refractivity contribution in [2.24, 2.45) is 4.99 Å². The van der Waals surface area contributed by atoms with Gasteiger partial charge in [-0.2, -0.15) is 0 Å². The van der Waals surface area contributed by atoms with Crippen LogP contribution in [0.1, 0.15) is 0 Å². The molecule has 108 valence electrons. The number of nitrogens with zero attached hydrogens (tertiary/aromatic N) is 3. The van der Waals surface area contributed by atoms with Crippen molar-refractivity contribution < 1.29 is 14.0 Å². The number of fused-ring (bicyclic) bond motifs is 3. The van der Waals surface area contributed by atoms with Gasteiger partial charge in [-0.1, -0.05) is 12.1 Å². The molecule has 4 rings (SSSR count). The Bertz CT molecular complexity index is 816. The fourth-order valence-corrected chi connectivity index (χ4v) is 2.70. The predicted octanol–water partition coefficient (Wildman–Crippen LogP) is 2.88. The summed E-state index contributed by atoms with van der Waals surface area (Å²) in [4.78, 5) is 31.9. The lowest BCUT2D eigenvalue weighted by Crippen LogP contribution is -2.38. The van der Waals surface area contributed by atoms with Crippen LogP contribution in [-0.4, -0.2) is 24.2 Å². The summed E-state index contributed by atoms with van der Waals surface area (Å²) >= 11 is 0. The molecular formula is C16H10FN3O2. The van der Waals surface area contributed by atoms with Crippen LogP contribution in [0.2, 0.25) is 0 Å². The predicted molar refractivity (Wildman–Crippen MR) is 80.1 cm³/mol. The first-order valence-electron chi connectivity index (χ1n) is 6.73. The van der Waals surface area contributed by atoms with Crippen LogP contribution in [0.5, 0.6) is 0 Å². The molecule has 2 heterocycles. The first-order chi connectivity index (χ1) is 10.7. The Labute approximate surface area is 125 Å². The van der Waals surface area contributed by atoms with E-state index in [-0.39, 0.29) is 0 Å². The minimum atomic E-state index is -0.757. The molecule has 0 N–H and O–H groups in total. The number of aliphatic imine (C=N–C) groups is 1. The molecule has 5 nitrogen and oxygen atoms in total. The summed E-state index contributed by atoms with van der Waals surface area (Å²) in [5.74, 6) is -0.817. The van der Waals surface area contributed by atoms with Crippen LogP contribution in [0.4, 0.5) is 26.2 Å². The molecule has 0 saturated carbocycles. The van der Waals surface area contributed by atoms with E-state index in [2.05, 4.69) is 4.99 Å². The van der Waals surface area contributed by atoms with Gasteiger partial charge in [0.25, 0.3) is 5.91 Å². The second kappa shape index (κ2) is 4.49. The van der Waals surface area contributed by atoms with Gasteiger partial charge in [-0.3, -0.25) is 14.7 Å². The first-order valence-corrected chi connectivity index (χ1v) is 6.73. The molecule has 1 fully saturated rings. The standard InChI is InChI=1S/C16H10FN3O2/c17-10-5-7-11(8-6-10)19-15(21)14-9-18-12-3-1-2-4-13(12)20(14)16(19)22/h1-9,14H. The number of hydrogen-bond acceptors (Lipinski definition) is 3. The van der Waals surface area contributed by atoms with E-state index in [1.165, 1.54) is 35.4 Å². The summed E-state index contributed by atoms with van der Waals surface area (Å²) < 4.78 is 13.0. The molecule has 0 aliphatic carbocycles. The number of anilines is 2. The molecule has 1 atom stereocenters. The number of carbonyl (C=O) groups excluding carboxylic acids is 2. The van der Waals surface area contributed by atoms with E-state index in [9.17, 15) is 14.0 Å². The minimum Gasteiger partial charge on any atom is -0.274 e. The Balaban J connectivity index is 1.81. The summed E-state index contributed by atoms with van der Waals surface area (Å²) in [5, 5.41) is 0. The van der Waals surface area contributed by atoms with Crippen LogP contribution in [0.25, 0.3) is 0 Å². The van der Waals surface area contributed by atoms with Crippen LogP contribution in [0.3, 0.4) is 0 Å². The largest absolute Gasteiger partial charge is 0.337 e. The first kappa shape index (κ1) is 12.7. The number of hydrogen-bond donors (Lipinski definition) is 0. The summed E-state index contributed by atoms with van der Waals surface area (Å²) in [6.07, 6.45) is 1.46. The molecule has 3 amide bonds. The third-order valence-corrected chi connectivity index (χ3v) is 3.73. The molecule has 1 unspecified atom stereocenters. The second-order valence-electron chi connectivity index (χ2n) is 5.01. The van der Waals surface area contributed by atoms with E-state index in [0.29, 0.717) is 17.1 Å². The molecule has 22 heavy (non-hydrogen) atoms. The number of para-hydroxylation sites is 2. The van der Waals surface area contributed by atoms with Crippen LogP contribution in [-0.2, 0) is 4.79 Å². The SMILES string of the molecule is O=C1C2C=Nc3ccccc3N2C(=O)N1c1ccc(F)cc1. The van der Waals surface area contributed by atoms with Gasteiger partial charge in [-0.15, -0.1) is 0 Å². The zero-order chi connectivity index (χ0) is 15.3. The number of imide groups is 1. The number of urea groups is 1. The summed E-state index contributed by atoms with van der Waals surface area (Å²) in [6.45, 7) is 0. The molecule has 0 radical (unpaired) electrons.